The Morgan fingerprint density at radius 3 is 2.23 bits per heavy atom. The summed E-state index contributed by atoms with van der Waals surface area (Å²) in [6.07, 6.45) is 3.47. The largest absolute Gasteiger partial charge is 0.497 e. The second-order valence-corrected chi connectivity index (χ2v) is 12.1. The number of esters is 1. The fourth-order valence-electron chi connectivity index (χ4n) is 6.28. The Kier molecular flexibility index (Phi) is 10.8. The fraction of sp³-hybridized carbons (Fsp3) is 0.545. The molecule has 2 aromatic rings. The Morgan fingerprint density at radius 1 is 0.953 bits per heavy atom. The highest BCUT2D eigenvalue weighted by Crippen LogP contribution is 2.42. The maximum Gasteiger partial charge on any atom is 0.306 e. The zero-order chi connectivity index (χ0) is 31.0. The maximum atomic E-state index is 14.2. The van der Waals surface area contributed by atoms with Gasteiger partial charge >= 0.3 is 5.97 Å². The molecule has 1 saturated carbocycles. The Hall–Kier alpha value is -3.50. The van der Waals surface area contributed by atoms with Gasteiger partial charge in [-0.1, -0.05) is 30.3 Å². The van der Waals surface area contributed by atoms with Crippen molar-refractivity contribution < 1.29 is 28.2 Å². The van der Waals surface area contributed by atoms with Crippen LogP contribution in [0.2, 0.25) is 0 Å². The van der Waals surface area contributed by atoms with Crippen LogP contribution in [0.15, 0.2) is 48.5 Å². The summed E-state index contributed by atoms with van der Waals surface area (Å²) in [5.41, 5.74) is 6.10. The SMILES string of the molecule is COc1ccc(F)c(CN2CCN(C(=O)CCCC(=O)OC3(C(N)=O)CCC(Cc4ccccc4)(N(C)C)CC3)CC2)c1. The van der Waals surface area contributed by atoms with Gasteiger partial charge in [0.1, 0.15) is 11.6 Å². The molecule has 2 aromatic carbocycles. The predicted octanol–water partition coefficient (Wildman–Crippen LogP) is 3.53. The van der Waals surface area contributed by atoms with Crippen molar-refractivity contribution in [3.63, 3.8) is 0 Å². The van der Waals surface area contributed by atoms with Crippen molar-refractivity contribution in [1.29, 1.82) is 0 Å². The van der Waals surface area contributed by atoms with E-state index in [1.807, 2.05) is 32.3 Å². The molecule has 0 unspecified atom stereocenters. The van der Waals surface area contributed by atoms with Crippen LogP contribution < -0.4 is 10.5 Å². The minimum absolute atomic E-state index is 0.0287. The standard InChI is InChI=1S/C33H45FN4O5/c1-36(2)32(23-25-8-5-4-6-9-25)14-16-33(17-15-32,31(35)41)43-30(40)11-7-10-29(39)38-20-18-37(19-21-38)24-26-22-27(42-3)12-13-28(26)34/h4-6,8-9,12-13,22H,7,10-11,14-21,23-24H2,1-3H3,(H2,35,41). The zero-order valence-corrected chi connectivity index (χ0v) is 25.6. The van der Waals surface area contributed by atoms with E-state index < -0.39 is 17.5 Å². The molecule has 2 fully saturated rings. The number of primary amides is 1. The maximum absolute atomic E-state index is 14.2. The van der Waals surface area contributed by atoms with Gasteiger partial charge in [0.15, 0.2) is 5.60 Å². The lowest BCUT2D eigenvalue weighted by atomic mass is 9.70. The van der Waals surface area contributed by atoms with E-state index in [2.05, 4.69) is 21.9 Å². The lowest BCUT2D eigenvalue weighted by molar-refractivity contribution is -0.174. The number of nitrogens with two attached hydrogens (primary N) is 1. The molecule has 4 rings (SSSR count). The molecule has 9 nitrogen and oxygen atoms in total. The number of amides is 2. The first kappa shape index (κ1) is 32.4. The predicted molar refractivity (Wildman–Crippen MR) is 162 cm³/mol. The topological polar surface area (TPSA) is 105 Å². The summed E-state index contributed by atoms with van der Waals surface area (Å²) in [6.45, 7) is 2.78. The average molecular weight is 597 g/mol. The van der Waals surface area contributed by atoms with E-state index in [0.29, 0.717) is 76.1 Å². The molecule has 234 valence electrons. The van der Waals surface area contributed by atoms with Gasteiger partial charge in [-0.3, -0.25) is 19.3 Å². The van der Waals surface area contributed by atoms with Gasteiger partial charge in [0.25, 0.3) is 5.91 Å². The molecule has 0 atom stereocenters. The number of likely N-dealkylation sites (N-methyl/N-ethyl adjacent to an activating group) is 1. The van der Waals surface area contributed by atoms with Crippen molar-refractivity contribution in [2.45, 2.75) is 69.1 Å². The second-order valence-electron chi connectivity index (χ2n) is 12.1. The Morgan fingerprint density at radius 2 is 1.63 bits per heavy atom. The van der Waals surface area contributed by atoms with Gasteiger partial charge in [0.2, 0.25) is 5.91 Å². The van der Waals surface area contributed by atoms with Crippen molar-refractivity contribution in [2.75, 3.05) is 47.4 Å². The summed E-state index contributed by atoms with van der Waals surface area (Å²) < 4.78 is 25.2. The molecule has 0 spiro atoms. The highest BCUT2D eigenvalue weighted by Gasteiger charge is 2.49. The first-order valence-electron chi connectivity index (χ1n) is 15.1. The molecule has 43 heavy (non-hydrogen) atoms. The fourth-order valence-corrected chi connectivity index (χ4v) is 6.28. The third-order valence-corrected chi connectivity index (χ3v) is 9.21. The van der Waals surface area contributed by atoms with Crippen LogP contribution in [0.5, 0.6) is 5.75 Å². The van der Waals surface area contributed by atoms with Crippen LogP contribution in [0, 0.1) is 5.82 Å². The van der Waals surface area contributed by atoms with Crippen LogP contribution in [-0.4, -0.2) is 91.0 Å². The van der Waals surface area contributed by atoms with Crippen LogP contribution >= 0.6 is 0 Å². The Balaban J connectivity index is 1.22. The molecule has 10 heteroatoms. The number of hydrogen-bond acceptors (Lipinski definition) is 7. The van der Waals surface area contributed by atoms with E-state index >= 15 is 0 Å². The highest BCUT2D eigenvalue weighted by atomic mass is 19.1. The number of halogens is 1. The summed E-state index contributed by atoms with van der Waals surface area (Å²) in [7, 11) is 5.64. The molecule has 1 saturated heterocycles. The molecule has 0 aromatic heterocycles. The average Bonchev–Trinajstić information content (AvgIpc) is 3.00. The highest BCUT2D eigenvalue weighted by molar-refractivity contribution is 5.87. The van der Waals surface area contributed by atoms with Gasteiger partial charge in [0.05, 0.1) is 7.11 Å². The molecular formula is C33H45FN4O5. The van der Waals surface area contributed by atoms with Crippen LogP contribution in [0.1, 0.15) is 56.1 Å². The number of rotatable bonds is 12. The number of benzene rings is 2. The van der Waals surface area contributed by atoms with Crippen LogP contribution in [0.3, 0.4) is 0 Å². The molecule has 0 bridgehead atoms. The summed E-state index contributed by atoms with van der Waals surface area (Å²) >= 11 is 0. The van der Waals surface area contributed by atoms with Crippen molar-refractivity contribution >= 4 is 17.8 Å². The Bertz CT molecular complexity index is 1260. The molecule has 0 radical (unpaired) electrons. The molecule has 1 aliphatic heterocycles. The number of ether oxygens (including phenoxy) is 2. The normalized spacial score (nSPS) is 22.8. The van der Waals surface area contributed by atoms with Gasteiger partial charge in [-0.25, -0.2) is 4.39 Å². The first-order chi connectivity index (χ1) is 20.6. The van der Waals surface area contributed by atoms with Crippen molar-refractivity contribution in [3.8, 4) is 5.75 Å². The number of methoxy groups -OCH3 is 1. The first-order valence-corrected chi connectivity index (χ1v) is 15.1. The van der Waals surface area contributed by atoms with E-state index in [0.717, 1.165) is 6.42 Å². The van der Waals surface area contributed by atoms with Gasteiger partial charge < -0.3 is 25.0 Å². The molecule has 2 aliphatic rings. The van der Waals surface area contributed by atoms with Crippen molar-refractivity contribution in [1.82, 2.24) is 14.7 Å². The number of piperazine rings is 1. The summed E-state index contributed by atoms with van der Waals surface area (Å²) in [4.78, 5) is 44.3. The van der Waals surface area contributed by atoms with E-state index in [1.54, 1.807) is 24.1 Å². The van der Waals surface area contributed by atoms with Gasteiger partial charge in [-0.15, -0.1) is 0 Å². The second kappa shape index (κ2) is 14.3. The lowest BCUT2D eigenvalue weighted by Gasteiger charge is -2.48. The summed E-state index contributed by atoms with van der Waals surface area (Å²) in [6, 6.07) is 14.9. The quantitative estimate of drug-likeness (QED) is 0.374. The van der Waals surface area contributed by atoms with Crippen LogP contribution in [-0.2, 0) is 32.1 Å². The van der Waals surface area contributed by atoms with E-state index in [-0.39, 0.29) is 30.1 Å². The minimum Gasteiger partial charge on any atom is -0.497 e. The van der Waals surface area contributed by atoms with Crippen LogP contribution in [0.25, 0.3) is 0 Å². The van der Waals surface area contributed by atoms with Crippen molar-refractivity contribution in [2.24, 2.45) is 5.73 Å². The smallest absolute Gasteiger partial charge is 0.306 e. The molecule has 1 aliphatic carbocycles. The van der Waals surface area contributed by atoms with Gasteiger partial charge in [-0.05, 0) is 76.4 Å². The van der Waals surface area contributed by atoms with E-state index in [1.165, 1.54) is 11.6 Å². The Labute approximate surface area is 254 Å². The molecule has 2 amide bonds. The summed E-state index contributed by atoms with van der Waals surface area (Å²) in [5.74, 6) is -0.813. The number of carbonyl (C=O) groups is 3. The van der Waals surface area contributed by atoms with Gasteiger partial charge in [0, 0.05) is 56.7 Å². The monoisotopic (exact) mass is 596 g/mol. The zero-order valence-electron chi connectivity index (χ0n) is 25.6. The molecule has 2 N–H and O–H groups in total. The number of hydrogen-bond donors (Lipinski definition) is 1. The lowest BCUT2D eigenvalue weighted by Crippen LogP contribution is -2.57. The minimum atomic E-state index is -1.32. The van der Waals surface area contributed by atoms with E-state index in [9.17, 15) is 18.8 Å². The number of carbonyl (C=O) groups excluding carboxylic acids is 3. The summed E-state index contributed by atoms with van der Waals surface area (Å²) in [5, 5.41) is 0. The molecule has 1 heterocycles. The molecular weight excluding hydrogens is 551 g/mol. The van der Waals surface area contributed by atoms with Crippen LogP contribution in [0.4, 0.5) is 4.39 Å². The van der Waals surface area contributed by atoms with E-state index in [4.69, 9.17) is 15.2 Å². The van der Waals surface area contributed by atoms with Crippen molar-refractivity contribution in [3.05, 3.63) is 65.5 Å². The third kappa shape index (κ3) is 8.12. The third-order valence-electron chi connectivity index (χ3n) is 9.21. The van der Waals surface area contributed by atoms with Gasteiger partial charge in [-0.2, -0.15) is 0 Å². The number of nitrogens with zero attached hydrogens (tertiary/aromatic N) is 3.